The molecule has 2 rings (SSSR count). The summed E-state index contributed by atoms with van der Waals surface area (Å²) in [6.07, 6.45) is 2.47. The van der Waals surface area contributed by atoms with E-state index in [1.54, 1.807) is 42.3 Å². The number of carbonyl (C=O) groups excluding carboxylic acids is 1. The molecule has 2 aromatic carbocycles. The van der Waals surface area contributed by atoms with Gasteiger partial charge in [-0.15, -0.1) is 5.10 Å². The first-order valence-corrected chi connectivity index (χ1v) is 10.8. The molecule has 9 heteroatoms. The van der Waals surface area contributed by atoms with Crippen molar-refractivity contribution in [2.24, 2.45) is 5.10 Å². The van der Waals surface area contributed by atoms with Gasteiger partial charge < -0.3 is 4.52 Å². The van der Waals surface area contributed by atoms with Gasteiger partial charge in [-0.2, -0.15) is 0 Å². The van der Waals surface area contributed by atoms with Crippen LogP contribution in [0.25, 0.3) is 0 Å². The smallest absolute Gasteiger partial charge is 0.429 e. The average molecular weight is 395 g/mol. The number of carbonyl (C=O) groups is 1. The van der Waals surface area contributed by atoms with Crippen LogP contribution in [0.5, 0.6) is 11.5 Å². The summed E-state index contributed by atoms with van der Waals surface area (Å²) in [5, 5.41) is 4.29. The fourth-order valence-corrected chi connectivity index (χ4v) is 3.01. The van der Waals surface area contributed by atoms with Crippen LogP contribution in [0.3, 0.4) is 0 Å². The van der Waals surface area contributed by atoms with Crippen molar-refractivity contribution in [3.8, 4) is 11.5 Å². The summed E-state index contributed by atoms with van der Waals surface area (Å²) in [5.74, 6) is 1.32. The molecule has 0 radical (unpaired) electrons. The quantitative estimate of drug-likeness (QED) is 0.287. The molecule has 0 heterocycles. The van der Waals surface area contributed by atoms with Gasteiger partial charge in [0.05, 0.1) is 13.3 Å². The Labute approximate surface area is 152 Å². The third-order valence-electron chi connectivity index (χ3n) is 2.83. The Morgan fingerprint density at radius 2 is 1.67 bits per heavy atom. The summed E-state index contributed by atoms with van der Waals surface area (Å²) in [4.78, 5) is 10.6. The second kappa shape index (κ2) is 9.50. The molecule has 0 bridgehead atoms. The minimum Gasteiger partial charge on any atom is -0.429 e. The molecular formula is C15H13N2O3P2S2+. The predicted octanol–water partition coefficient (Wildman–Crippen LogP) is 4.32. The first-order chi connectivity index (χ1) is 11.6. The molecule has 1 atom stereocenters. The summed E-state index contributed by atoms with van der Waals surface area (Å²) >= 11 is 10.1. The van der Waals surface area contributed by atoms with Crippen LogP contribution in [0, 0.1) is 0 Å². The van der Waals surface area contributed by atoms with Crippen molar-refractivity contribution < 1.29 is 13.8 Å². The van der Waals surface area contributed by atoms with Crippen LogP contribution in [0.1, 0.15) is 15.9 Å². The van der Waals surface area contributed by atoms with Crippen LogP contribution < -0.4 is 9.05 Å². The minimum absolute atomic E-state index is 0.443. The molecule has 2 aromatic rings. The average Bonchev–Trinajstić information content (AvgIpc) is 2.61. The third-order valence-corrected chi connectivity index (χ3v) is 5.22. The Hall–Kier alpha value is -1.78. The fourth-order valence-electron chi connectivity index (χ4n) is 1.61. The number of nitrogens with zero attached hydrogens (tertiary/aromatic N) is 2. The molecule has 0 aliphatic rings. The highest BCUT2D eigenvalue weighted by Crippen LogP contribution is 2.30. The van der Waals surface area contributed by atoms with Gasteiger partial charge in [-0.3, -0.25) is 9.32 Å². The standard InChI is InChI=1S/C15H13N2O3P2S2/c1-17(16-10-12-2-6-14(7-3-12)19-21-23)22(24)20-15-8-4-13(11-18)5-9-15/h2-11H,1H3/q+1/b16-10+. The summed E-state index contributed by atoms with van der Waals surface area (Å²) in [6.45, 7) is 0. The van der Waals surface area contributed by atoms with Gasteiger partial charge in [0.1, 0.15) is 12.0 Å². The number of aldehydes is 1. The van der Waals surface area contributed by atoms with E-state index in [0.717, 1.165) is 11.8 Å². The predicted molar refractivity (Wildman–Crippen MR) is 103 cm³/mol. The molecule has 5 nitrogen and oxygen atoms in total. The van der Waals surface area contributed by atoms with Crippen LogP contribution in [-0.2, 0) is 23.6 Å². The zero-order chi connectivity index (χ0) is 17.4. The molecule has 0 N–H and O–H groups in total. The topological polar surface area (TPSA) is 51.1 Å². The number of benzene rings is 2. The minimum atomic E-state index is -1.35. The van der Waals surface area contributed by atoms with Crippen LogP contribution >= 0.6 is 14.7 Å². The Balaban J connectivity index is 1.94. The maximum atomic E-state index is 10.6. The molecule has 24 heavy (non-hydrogen) atoms. The largest absolute Gasteiger partial charge is 0.540 e. The SMILES string of the molecule is CN(/N=C/c1ccc(OP=S)cc1)[P+](=S)Oc1ccc(C=O)cc1. The maximum absolute atomic E-state index is 10.6. The molecule has 0 amide bonds. The lowest BCUT2D eigenvalue weighted by Crippen LogP contribution is -2.03. The summed E-state index contributed by atoms with van der Waals surface area (Å²) < 4.78 is 12.4. The van der Waals surface area contributed by atoms with Crippen molar-refractivity contribution in [1.82, 2.24) is 4.78 Å². The van der Waals surface area contributed by atoms with Crippen molar-refractivity contribution >= 4 is 50.8 Å². The lowest BCUT2D eigenvalue weighted by atomic mass is 10.2. The van der Waals surface area contributed by atoms with Crippen LogP contribution in [0.4, 0.5) is 0 Å². The number of hydrazone groups is 1. The molecule has 0 aliphatic carbocycles. The first-order valence-electron chi connectivity index (χ1n) is 6.70. The van der Waals surface area contributed by atoms with Gasteiger partial charge in [-0.1, -0.05) is 4.78 Å². The second-order valence-electron chi connectivity index (χ2n) is 4.48. The van der Waals surface area contributed by atoms with Gasteiger partial charge >= 0.3 is 7.07 Å². The zero-order valence-corrected chi connectivity index (χ0v) is 16.0. The lowest BCUT2D eigenvalue weighted by Gasteiger charge is -2.02. The normalized spacial score (nSPS) is 11.3. The van der Waals surface area contributed by atoms with Gasteiger partial charge in [0.25, 0.3) is 0 Å². The second-order valence-corrected chi connectivity index (χ2v) is 7.44. The van der Waals surface area contributed by atoms with E-state index >= 15 is 0 Å². The van der Waals surface area contributed by atoms with Crippen LogP contribution in [0.2, 0.25) is 0 Å². The lowest BCUT2D eigenvalue weighted by molar-refractivity contribution is 0.112. The fraction of sp³-hybridized carbons (Fsp3) is 0.0667. The van der Waals surface area contributed by atoms with E-state index in [1.165, 1.54) is 0 Å². The summed E-state index contributed by atoms with van der Waals surface area (Å²) in [6, 6.07) is 14.2. The molecule has 0 aliphatic heterocycles. The number of hydrogen-bond acceptors (Lipinski definition) is 6. The molecule has 0 aromatic heterocycles. The van der Waals surface area contributed by atoms with Gasteiger partial charge in [-0.05, 0) is 65.9 Å². The Kier molecular flexibility index (Phi) is 7.35. The van der Waals surface area contributed by atoms with Crippen molar-refractivity contribution in [2.45, 2.75) is 0 Å². The highest BCUT2D eigenvalue weighted by Gasteiger charge is 2.20. The van der Waals surface area contributed by atoms with Gasteiger partial charge in [0, 0.05) is 5.56 Å². The Bertz CT molecular complexity index is 752. The molecule has 122 valence electrons. The van der Waals surface area contributed by atoms with Gasteiger partial charge in [0.15, 0.2) is 5.75 Å². The van der Waals surface area contributed by atoms with Crippen molar-refractivity contribution in [3.05, 3.63) is 59.7 Å². The van der Waals surface area contributed by atoms with Crippen molar-refractivity contribution in [3.63, 3.8) is 0 Å². The summed E-state index contributed by atoms with van der Waals surface area (Å²) in [5.41, 5.74) is 1.49. The molecule has 0 saturated heterocycles. The molecule has 0 spiro atoms. The van der Waals surface area contributed by atoms with E-state index in [-0.39, 0.29) is 0 Å². The molecule has 1 unspecified atom stereocenters. The Morgan fingerprint density at radius 1 is 1.08 bits per heavy atom. The highest BCUT2D eigenvalue weighted by molar-refractivity contribution is 8.02. The molecular weight excluding hydrogens is 382 g/mol. The van der Waals surface area contributed by atoms with E-state index in [1.807, 2.05) is 24.3 Å². The van der Waals surface area contributed by atoms with E-state index in [2.05, 4.69) is 5.10 Å². The molecule has 0 fully saturated rings. The summed E-state index contributed by atoms with van der Waals surface area (Å²) in [7, 11) is 0.846. The van der Waals surface area contributed by atoms with E-state index < -0.39 is 7.07 Å². The third kappa shape index (κ3) is 5.69. The van der Waals surface area contributed by atoms with Crippen molar-refractivity contribution in [2.75, 3.05) is 7.05 Å². The molecule has 0 saturated carbocycles. The van der Waals surface area contributed by atoms with E-state index in [0.29, 0.717) is 24.6 Å². The maximum Gasteiger partial charge on any atom is 0.540 e. The van der Waals surface area contributed by atoms with Crippen molar-refractivity contribution in [1.29, 1.82) is 0 Å². The monoisotopic (exact) mass is 395 g/mol. The Morgan fingerprint density at radius 3 is 2.25 bits per heavy atom. The van der Waals surface area contributed by atoms with E-state index in [4.69, 9.17) is 32.7 Å². The van der Waals surface area contributed by atoms with Gasteiger partial charge in [0.2, 0.25) is 19.4 Å². The van der Waals surface area contributed by atoms with Crippen LogP contribution in [-0.4, -0.2) is 24.3 Å². The zero-order valence-electron chi connectivity index (χ0n) is 12.6. The highest BCUT2D eigenvalue weighted by atomic mass is 32.4. The first kappa shape index (κ1) is 18.6. The van der Waals surface area contributed by atoms with E-state index in [9.17, 15) is 4.79 Å². The van der Waals surface area contributed by atoms with Crippen LogP contribution in [0.15, 0.2) is 53.6 Å². The van der Waals surface area contributed by atoms with Gasteiger partial charge in [-0.25, -0.2) is 0 Å². The number of rotatable bonds is 8. The number of hydrogen-bond donors (Lipinski definition) is 0.